The minimum absolute atomic E-state index is 1.09. The molecule has 2 heteroatoms. The average Bonchev–Trinajstić information content (AvgIpc) is 3.69. The Morgan fingerprint density at radius 1 is 0.266 bits per heavy atom. The van der Waals surface area contributed by atoms with Gasteiger partial charge in [0, 0.05) is 33.5 Å². The van der Waals surface area contributed by atoms with Gasteiger partial charge in [-0.25, -0.2) is 0 Å². The van der Waals surface area contributed by atoms with Gasteiger partial charge in [-0.15, -0.1) is 0 Å². The molecule has 0 bridgehead atoms. The van der Waals surface area contributed by atoms with E-state index in [0.29, 0.717) is 0 Å². The van der Waals surface area contributed by atoms with Crippen molar-refractivity contribution in [2.24, 2.45) is 0 Å². The van der Waals surface area contributed by atoms with E-state index in [0.717, 1.165) is 22.7 Å². The van der Waals surface area contributed by atoms with E-state index in [1.54, 1.807) is 0 Å². The van der Waals surface area contributed by atoms with Gasteiger partial charge < -0.3 is 9.47 Å². The summed E-state index contributed by atoms with van der Waals surface area (Å²) in [5, 5.41) is 7.40. The molecule has 0 unspecified atom stereocenters. The molecule has 2 nitrogen and oxygen atoms in total. The van der Waals surface area contributed by atoms with Crippen LogP contribution in [0, 0.1) is 0 Å². The van der Waals surface area contributed by atoms with Crippen molar-refractivity contribution in [2.45, 2.75) is 0 Å². The van der Waals surface area contributed by atoms with Crippen LogP contribution in [0.5, 0.6) is 0 Å². The largest absolute Gasteiger partial charge is 0.310 e. The van der Waals surface area contributed by atoms with Crippen molar-refractivity contribution in [3.05, 3.63) is 255 Å². The lowest BCUT2D eigenvalue weighted by atomic mass is 9.91. The molecule has 0 fully saturated rings. The lowest BCUT2D eigenvalue weighted by Gasteiger charge is -2.26. The first-order valence-corrected chi connectivity index (χ1v) is 22.0. The third-order valence-electron chi connectivity index (χ3n) is 12.8. The molecule has 0 saturated carbocycles. The van der Waals surface area contributed by atoms with Gasteiger partial charge in [0.15, 0.2) is 0 Å². The van der Waals surface area contributed by atoms with Crippen molar-refractivity contribution in [1.29, 1.82) is 0 Å². The van der Waals surface area contributed by atoms with Gasteiger partial charge in [0.1, 0.15) is 0 Å². The summed E-state index contributed by atoms with van der Waals surface area (Å²) in [6, 6.07) is 92.7. The first-order chi connectivity index (χ1) is 31.7. The van der Waals surface area contributed by atoms with Gasteiger partial charge in [-0.2, -0.15) is 0 Å². The zero-order valence-electron chi connectivity index (χ0n) is 35.1. The number of rotatable bonds is 8. The molecule has 0 aliphatic carbocycles. The van der Waals surface area contributed by atoms with Crippen molar-refractivity contribution in [3.8, 4) is 50.2 Å². The van der Waals surface area contributed by atoms with Crippen LogP contribution in [0.15, 0.2) is 255 Å². The van der Waals surface area contributed by atoms with E-state index < -0.39 is 0 Å². The SMILES string of the molecule is c1ccc(-c2ccc(-c3ccc(N(c4ccc(-c5cccc6cccc(-c7ccccc7)c56)cc4)c4ccc5c(c4)c4cc6ccccc6cc4n5-c4ccccc4)cc3)cc2)cc1. The molecule has 0 spiro atoms. The smallest absolute Gasteiger partial charge is 0.0547 e. The summed E-state index contributed by atoms with van der Waals surface area (Å²) in [7, 11) is 0. The van der Waals surface area contributed by atoms with Gasteiger partial charge in [-0.05, 0) is 133 Å². The Hall–Kier alpha value is -8.46. The summed E-state index contributed by atoms with van der Waals surface area (Å²) in [6.07, 6.45) is 0. The highest BCUT2D eigenvalue weighted by Gasteiger charge is 2.19. The van der Waals surface area contributed by atoms with Crippen LogP contribution in [0.4, 0.5) is 17.1 Å². The van der Waals surface area contributed by atoms with Crippen molar-refractivity contribution >= 4 is 60.4 Å². The maximum Gasteiger partial charge on any atom is 0.0547 e. The topological polar surface area (TPSA) is 8.17 Å². The van der Waals surface area contributed by atoms with Crippen molar-refractivity contribution < 1.29 is 0 Å². The quantitative estimate of drug-likeness (QED) is 0.148. The molecule has 0 aliphatic heterocycles. The number of anilines is 3. The van der Waals surface area contributed by atoms with E-state index in [9.17, 15) is 0 Å². The monoisotopic (exact) mass is 814 g/mol. The number of nitrogens with zero attached hydrogens (tertiary/aromatic N) is 2. The van der Waals surface area contributed by atoms with Crippen LogP contribution >= 0.6 is 0 Å². The maximum absolute atomic E-state index is 2.41. The number of para-hydroxylation sites is 1. The molecule has 11 aromatic carbocycles. The second-order valence-corrected chi connectivity index (χ2v) is 16.5. The lowest BCUT2D eigenvalue weighted by Crippen LogP contribution is -2.10. The van der Waals surface area contributed by atoms with Crippen molar-refractivity contribution in [3.63, 3.8) is 0 Å². The van der Waals surface area contributed by atoms with E-state index in [1.165, 1.54) is 87.9 Å². The van der Waals surface area contributed by atoms with E-state index in [4.69, 9.17) is 0 Å². The zero-order chi connectivity index (χ0) is 42.4. The van der Waals surface area contributed by atoms with E-state index in [-0.39, 0.29) is 0 Å². The second-order valence-electron chi connectivity index (χ2n) is 16.5. The van der Waals surface area contributed by atoms with Crippen LogP contribution in [0.3, 0.4) is 0 Å². The first kappa shape index (κ1) is 37.3. The zero-order valence-corrected chi connectivity index (χ0v) is 35.1. The van der Waals surface area contributed by atoms with E-state index in [1.807, 2.05) is 0 Å². The molecule has 12 rings (SSSR count). The maximum atomic E-state index is 2.41. The van der Waals surface area contributed by atoms with E-state index in [2.05, 4.69) is 264 Å². The van der Waals surface area contributed by atoms with Gasteiger partial charge in [-0.3, -0.25) is 0 Å². The van der Waals surface area contributed by atoms with Crippen molar-refractivity contribution in [1.82, 2.24) is 4.57 Å². The lowest BCUT2D eigenvalue weighted by molar-refractivity contribution is 1.18. The Bertz CT molecular complexity index is 3600. The van der Waals surface area contributed by atoms with Gasteiger partial charge in [0.2, 0.25) is 0 Å². The number of benzene rings is 11. The molecule has 0 radical (unpaired) electrons. The fraction of sp³-hybridized carbons (Fsp3) is 0. The summed E-state index contributed by atoms with van der Waals surface area (Å²) in [5.41, 5.74) is 16.5. The molecule has 0 N–H and O–H groups in total. The molecule has 12 aromatic rings. The molecule has 1 heterocycles. The summed E-state index contributed by atoms with van der Waals surface area (Å²) in [6.45, 7) is 0. The summed E-state index contributed by atoms with van der Waals surface area (Å²) in [5.74, 6) is 0. The second kappa shape index (κ2) is 15.8. The highest BCUT2D eigenvalue weighted by molar-refractivity contribution is 6.15. The van der Waals surface area contributed by atoms with Gasteiger partial charge in [0.25, 0.3) is 0 Å². The Morgan fingerprint density at radius 3 is 1.28 bits per heavy atom. The Labute approximate surface area is 373 Å². The summed E-state index contributed by atoms with van der Waals surface area (Å²) in [4.78, 5) is 2.40. The van der Waals surface area contributed by atoms with Crippen LogP contribution in [0.25, 0.3) is 93.5 Å². The summed E-state index contributed by atoms with van der Waals surface area (Å²) >= 11 is 0. The predicted octanol–water partition coefficient (Wildman–Crippen LogP) is 17.2. The molecule has 300 valence electrons. The highest BCUT2D eigenvalue weighted by atomic mass is 15.1. The molecule has 64 heavy (non-hydrogen) atoms. The highest BCUT2D eigenvalue weighted by Crippen LogP contribution is 2.43. The molecule has 0 saturated heterocycles. The summed E-state index contributed by atoms with van der Waals surface area (Å²) < 4.78 is 2.41. The van der Waals surface area contributed by atoms with Crippen LogP contribution in [-0.4, -0.2) is 4.57 Å². The third kappa shape index (κ3) is 6.61. The van der Waals surface area contributed by atoms with Crippen molar-refractivity contribution in [2.75, 3.05) is 4.90 Å². The van der Waals surface area contributed by atoms with Crippen LogP contribution in [-0.2, 0) is 0 Å². The van der Waals surface area contributed by atoms with Crippen LogP contribution in [0.1, 0.15) is 0 Å². The minimum atomic E-state index is 1.09. The number of aromatic nitrogens is 1. The van der Waals surface area contributed by atoms with Gasteiger partial charge >= 0.3 is 0 Å². The number of hydrogen-bond donors (Lipinski definition) is 0. The average molecular weight is 815 g/mol. The predicted molar refractivity (Wildman–Crippen MR) is 272 cm³/mol. The fourth-order valence-corrected chi connectivity index (χ4v) is 9.65. The number of hydrogen-bond acceptors (Lipinski definition) is 1. The molecule has 1 aromatic heterocycles. The van der Waals surface area contributed by atoms with E-state index >= 15 is 0 Å². The third-order valence-corrected chi connectivity index (χ3v) is 12.8. The molecular weight excluding hydrogens is 773 g/mol. The molecule has 0 atom stereocenters. The molecule has 0 aliphatic rings. The minimum Gasteiger partial charge on any atom is -0.310 e. The first-order valence-electron chi connectivity index (χ1n) is 22.0. The number of fused-ring (bicyclic) bond motifs is 5. The fourth-order valence-electron chi connectivity index (χ4n) is 9.65. The van der Waals surface area contributed by atoms with Crippen LogP contribution in [0.2, 0.25) is 0 Å². The molecule has 0 amide bonds. The van der Waals surface area contributed by atoms with Crippen LogP contribution < -0.4 is 4.90 Å². The normalized spacial score (nSPS) is 11.4. The molecular formula is C62H42N2. The Kier molecular flexibility index (Phi) is 9.20. The van der Waals surface area contributed by atoms with Gasteiger partial charge in [-0.1, -0.05) is 188 Å². The Balaban J connectivity index is 1.00. The Morgan fingerprint density at radius 2 is 0.688 bits per heavy atom. The van der Waals surface area contributed by atoms with Gasteiger partial charge in [0.05, 0.1) is 11.0 Å². The standard InChI is InChI=1S/C62H42N2/c1-4-14-43(15-5-1)44-26-28-45(29-27-44)46-30-34-53(35-31-46)63(54-36-32-48(33-37-54)57-25-13-21-49-20-12-24-56(62(49)57)47-16-6-2-7-17-47)55-38-39-60-59(42-55)58-40-50-18-10-11-19-51(50)41-61(58)64(60)52-22-8-3-9-23-52/h1-42H.